The van der Waals surface area contributed by atoms with Crippen molar-refractivity contribution in [1.29, 1.82) is 5.41 Å². The smallest absolute Gasteiger partial charge is 0.183 e. The van der Waals surface area contributed by atoms with E-state index in [1.54, 1.807) is 11.3 Å². The summed E-state index contributed by atoms with van der Waals surface area (Å²) in [5.74, 6) is 6.39. The molecule has 200 valence electrons. The Balaban J connectivity index is 1.36. The number of nitrogens with one attached hydrogen (secondary N) is 2. The highest BCUT2D eigenvalue weighted by molar-refractivity contribution is 7.13. The predicted molar refractivity (Wildman–Crippen MR) is 152 cm³/mol. The van der Waals surface area contributed by atoms with E-state index in [0.29, 0.717) is 12.3 Å². The summed E-state index contributed by atoms with van der Waals surface area (Å²) in [5.41, 5.74) is 2.83. The number of fused-ring (bicyclic) bond motifs is 1. The quantitative estimate of drug-likeness (QED) is 0.0672. The molecule has 2 heterocycles. The van der Waals surface area contributed by atoms with E-state index in [1.165, 1.54) is 0 Å². The van der Waals surface area contributed by atoms with Crippen molar-refractivity contribution in [3.63, 3.8) is 0 Å². The molecule has 2 aromatic carbocycles. The third kappa shape index (κ3) is 6.77. The monoisotopic (exact) mass is 534 g/mol. The maximum absolute atomic E-state index is 10.7. The van der Waals surface area contributed by atoms with Crippen molar-refractivity contribution in [3.8, 4) is 21.9 Å². The van der Waals surface area contributed by atoms with Gasteiger partial charge in [0, 0.05) is 41.2 Å². The summed E-state index contributed by atoms with van der Waals surface area (Å²) in [4.78, 5) is 1.14. The Labute approximate surface area is 226 Å². The first-order chi connectivity index (χ1) is 18.3. The fourth-order valence-corrected chi connectivity index (χ4v) is 5.18. The van der Waals surface area contributed by atoms with E-state index in [9.17, 15) is 5.11 Å². The number of nitrogens with two attached hydrogens (primary N) is 1. The number of aromatic nitrogens is 1. The molecule has 2 aromatic heterocycles. The van der Waals surface area contributed by atoms with Crippen LogP contribution < -0.4 is 20.6 Å². The van der Waals surface area contributed by atoms with Crippen LogP contribution in [0.1, 0.15) is 19.4 Å². The van der Waals surface area contributed by atoms with Crippen molar-refractivity contribution >= 4 is 28.1 Å². The molecule has 0 amide bonds. The highest BCUT2D eigenvalue weighted by Gasteiger charge is 2.23. The van der Waals surface area contributed by atoms with E-state index in [-0.39, 0.29) is 24.6 Å². The molecule has 0 saturated heterocycles. The van der Waals surface area contributed by atoms with Gasteiger partial charge < -0.3 is 30.3 Å². The lowest BCUT2D eigenvalue weighted by molar-refractivity contribution is 0.0991. The molecule has 9 nitrogen and oxygen atoms in total. The van der Waals surface area contributed by atoms with Crippen molar-refractivity contribution < 1.29 is 14.6 Å². The van der Waals surface area contributed by atoms with Gasteiger partial charge in [0.05, 0.1) is 5.52 Å². The number of β-amino-alcohol motifs (C(OH)–C–C–N with tert-alkyl or cyclic N) is 1. The summed E-state index contributed by atoms with van der Waals surface area (Å²) >= 11 is 1.66. The standard InChI is InChI=1S/C28H34N6O3S/c1-28(2,31-15-20(35)17-36-23-10-5-4-8-22(23)25-12-7-13-38-25)14-19-16-34(3)27-21(19)9-6-11-24(27)37-18-26(29)32-33-30/h4-13,16,20,31,35H,14-15,17-18H2,1-3H3,(H3,29,30,32)/t20-/m0/s1. The fourth-order valence-electron chi connectivity index (χ4n) is 4.42. The van der Waals surface area contributed by atoms with Gasteiger partial charge in [-0.3, -0.25) is 5.41 Å². The van der Waals surface area contributed by atoms with E-state index in [4.69, 9.17) is 20.7 Å². The number of aliphatic hydroxyl groups is 1. The second-order valence-electron chi connectivity index (χ2n) is 9.75. The Kier molecular flexibility index (Phi) is 8.77. The number of para-hydroxylation sites is 2. The number of amidine groups is 1. The molecule has 0 fully saturated rings. The van der Waals surface area contributed by atoms with Gasteiger partial charge in [-0.25, -0.2) is 0 Å². The summed E-state index contributed by atoms with van der Waals surface area (Å²) in [6.07, 6.45) is 2.16. The van der Waals surface area contributed by atoms with Crippen molar-refractivity contribution in [1.82, 2.24) is 9.88 Å². The minimum absolute atomic E-state index is 0.0227. The molecule has 0 aliphatic rings. The summed E-state index contributed by atoms with van der Waals surface area (Å²) in [6, 6.07) is 17.8. The molecule has 0 bridgehead atoms. The first-order valence-electron chi connectivity index (χ1n) is 12.3. The van der Waals surface area contributed by atoms with Gasteiger partial charge in [-0.2, -0.15) is 0 Å². The average molecular weight is 535 g/mol. The second kappa shape index (κ2) is 12.2. The Hall–Kier alpha value is -3.73. The molecule has 0 spiro atoms. The maximum atomic E-state index is 10.7. The highest BCUT2D eigenvalue weighted by atomic mass is 32.1. The van der Waals surface area contributed by atoms with Gasteiger partial charge in [-0.1, -0.05) is 35.6 Å². The molecule has 0 unspecified atom stereocenters. The number of benzene rings is 2. The number of thiophene rings is 1. The molecular formula is C28H34N6O3S. The lowest BCUT2D eigenvalue weighted by Gasteiger charge is -2.28. The Morgan fingerprint density at radius 1 is 1.13 bits per heavy atom. The summed E-state index contributed by atoms with van der Waals surface area (Å²) in [6.45, 7) is 4.80. The third-order valence-electron chi connectivity index (χ3n) is 6.14. The van der Waals surface area contributed by atoms with Crippen LogP contribution in [0.3, 0.4) is 0 Å². The molecule has 1 atom stereocenters. The van der Waals surface area contributed by atoms with Crippen LogP contribution in [0, 0.1) is 5.41 Å². The number of aryl methyl sites for hydroxylation is 1. The van der Waals surface area contributed by atoms with E-state index in [1.807, 2.05) is 59.5 Å². The Morgan fingerprint density at radius 3 is 2.68 bits per heavy atom. The molecular weight excluding hydrogens is 500 g/mol. The van der Waals surface area contributed by atoms with E-state index in [2.05, 4.69) is 47.8 Å². The third-order valence-corrected chi connectivity index (χ3v) is 7.05. The van der Waals surface area contributed by atoms with Crippen molar-refractivity contribution in [2.24, 2.45) is 23.2 Å². The lowest BCUT2D eigenvalue weighted by atomic mass is 9.94. The maximum Gasteiger partial charge on any atom is 0.183 e. The van der Waals surface area contributed by atoms with Gasteiger partial charge >= 0.3 is 0 Å². The Bertz CT molecular complexity index is 1400. The second-order valence-corrected chi connectivity index (χ2v) is 10.7. The zero-order valence-corrected chi connectivity index (χ0v) is 22.7. The molecule has 38 heavy (non-hydrogen) atoms. The molecule has 10 heteroatoms. The topological polar surface area (TPSA) is 130 Å². The number of aliphatic hydroxyl groups excluding tert-OH is 1. The fraction of sp³-hybridized carbons (Fsp3) is 0.321. The van der Waals surface area contributed by atoms with Crippen LogP contribution in [0.5, 0.6) is 11.5 Å². The summed E-state index contributed by atoms with van der Waals surface area (Å²) < 4.78 is 13.8. The first-order valence-corrected chi connectivity index (χ1v) is 13.2. The molecule has 0 aliphatic carbocycles. The van der Waals surface area contributed by atoms with Crippen LogP contribution in [0.2, 0.25) is 0 Å². The van der Waals surface area contributed by atoms with Gasteiger partial charge in [0.15, 0.2) is 5.84 Å². The molecule has 5 N–H and O–H groups in total. The van der Waals surface area contributed by atoms with Gasteiger partial charge in [0.1, 0.15) is 30.8 Å². The van der Waals surface area contributed by atoms with Gasteiger partial charge in [-0.15, -0.1) is 16.5 Å². The molecule has 0 radical (unpaired) electrons. The number of nitrogens with zero attached hydrogens (tertiary/aromatic N) is 3. The Morgan fingerprint density at radius 2 is 1.92 bits per heavy atom. The number of rotatable bonds is 12. The van der Waals surface area contributed by atoms with Gasteiger partial charge in [-0.05, 0) is 55.5 Å². The number of hydrogen-bond donors (Lipinski definition) is 4. The lowest BCUT2D eigenvalue weighted by Crippen LogP contribution is -2.46. The predicted octanol–water partition coefficient (Wildman–Crippen LogP) is 4.94. The normalized spacial score (nSPS) is 12.7. The zero-order chi connectivity index (χ0) is 27.1. The van der Waals surface area contributed by atoms with Crippen LogP contribution in [-0.2, 0) is 13.5 Å². The molecule has 4 rings (SSSR count). The van der Waals surface area contributed by atoms with Gasteiger partial charge in [0.25, 0.3) is 0 Å². The minimum Gasteiger partial charge on any atom is -0.490 e. The summed E-state index contributed by atoms with van der Waals surface area (Å²) in [7, 11) is 1.97. The van der Waals surface area contributed by atoms with E-state index < -0.39 is 6.10 Å². The summed E-state index contributed by atoms with van der Waals surface area (Å²) in [5, 5.41) is 31.6. The van der Waals surface area contributed by atoms with Crippen molar-refractivity contribution in [2.45, 2.75) is 31.9 Å². The minimum atomic E-state index is -0.667. The number of hydrogen-bond acceptors (Lipinski definition) is 7. The van der Waals surface area contributed by atoms with Crippen molar-refractivity contribution in [2.75, 3.05) is 19.8 Å². The SMILES string of the molecule is Cn1cc(CC(C)(C)NC[C@H](O)COc2ccccc2-c2cccs2)c2cccc(OCC(=N)N=NN)c21. The molecule has 0 saturated carbocycles. The molecule has 0 aliphatic heterocycles. The largest absolute Gasteiger partial charge is 0.490 e. The van der Waals surface area contributed by atoms with E-state index in [0.717, 1.165) is 39.1 Å². The van der Waals surface area contributed by atoms with Crippen LogP contribution in [0.25, 0.3) is 21.3 Å². The molecule has 4 aromatic rings. The van der Waals surface area contributed by atoms with Crippen LogP contribution in [-0.4, -0.2) is 46.9 Å². The van der Waals surface area contributed by atoms with Gasteiger partial charge in [0.2, 0.25) is 0 Å². The van der Waals surface area contributed by atoms with Crippen LogP contribution in [0.4, 0.5) is 0 Å². The average Bonchev–Trinajstić information content (AvgIpc) is 3.54. The highest BCUT2D eigenvalue weighted by Crippen LogP contribution is 2.33. The van der Waals surface area contributed by atoms with Crippen molar-refractivity contribution in [3.05, 3.63) is 71.7 Å². The zero-order valence-electron chi connectivity index (χ0n) is 21.8. The van der Waals surface area contributed by atoms with E-state index >= 15 is 0 Å². The number of ether oxygens (including phenoxy) is 2. The van der Waals surface area contributed by atoms with Crippen LogP contribution >= 0.6 is 11.3 Å². The first kappa shape index (κ1) is 27.3. The van der Waals surface area contributed by atoms with Crippen LogP contribution in [0.15, 0.2) is 76.5 Å².